The van der Waals surface area contributed by atoms with Gasteiger partial charge in [-0.2, -0.15) is 0 Å². The highest BCUT2D eigenvalue weighted by Crippen LogP contribution is 2.39. The first-order valence-corrected chi connectivity index (χ1v) is 12.1. The minimum Gasteiger partial charge on any atom is -0.396 e. The number of nitrogens with one attached hydrogen (secondary N) is 2. The van der Waals surface area contributed by atoms with Crippen LogP contribution in [-0.2, 0) is 4.79 Å². The maximum atomic E-state index is 12.7. The Balaban J connectivity index is 1.43. The van der Waals surface area contributed by atoms with Crippen LogP contribution in [0.2, 0.25) is 0 Å². The first kappa shape index (κ1) is 24.2. The van der Waals surface area contributed by atoms with E-state index in [9.17, 15) is 9.90 Å². The Bertz CT molecular complexity index is 709. The summed E-state index contributed by atoms with van der Waals surface area (Å²) < 4.78 is 0. The van der Waals surface area contributed by atoms with Crippen LogP contribution in [0, 0.1) is 5.41 Å². The first-order valence-electron chi connectivity index (χ1n) is 12.1. The van der Waals surface area contributed by atoms with Gasteiger partial charge in [0.05, 0.1) is 0 Å². The standard InChI is InChI=1S/C23H39N7O2/c1-2-24-21(28-19-23(10-18-31)8-4-3-5-9-23)25-13-7-20(32)29-14-16-30(17-15-29)22-26-11-6-12-27-22/h6,11-12,31H,2-5,7-10,13-19H2,1H3,(H2,24,25,28). The topological polar surface area (TPSA) is 106 Å². The number of nitrogens with zero attached hydrogens (tertiary/aromatic N) is 5. The molecule has 1 saturated heterocycles. The molecule has 9 nitrogen and oxygen atoms in total. The number of aliphatic hydroxyl groups is 1. The lowest BCUT2D eigenvalue weighted by Crippen LogP contribution is -2.50. The second-order valence-electron chi connectivity index (χ2n) is 8.82. The Morgan fingerprint density at radius 1 is 1.12 bits per heavy atom. The number of amides is 1. The normalized spacial score (nSPS) is 19.0. The van der Waals surface area contributed by atoms with Gasteiger partial charge in [0.2, 0.25) is 11.9 Å². The summed E-state index contributed by atoms with van der Waals surface area (Å²) in [6.07, 6.45) is 10.7. The van der Waals surface area contributed by atoms with Crippen molar-refractivity contribution in [2.24, 2.45) is 10.4 Å². The van der Waals surface area contributed by atoms with Crippen molar-refractivity contribution in [2.45, 2.75) is 51.9 Å². The van der Waals surface area contributed by atoms with Gasteiger partial charge < -0.3 is 25.5 Å². The van der Waals surface area contributed by atoms with Crippen LogP contribution in [0.15, 0.2) is 23.5 Å². The summed E-state index contributed by atoms with van der Waals surface area (Å²) in [5, 5.41) is 16.1. The van der Waals surface area contributed by atoms with E-state index in [-0.39, 0.29) is 17.9 Å². The highest BCUT2D eigenvalue weighted by atomic mass is 16.3. The van der Waals surface area contributed by atoms with Crippen molar-refractivity contribution >= 4 is 17.8 Å². The molecule has 32 heavy (non-hydrogen) atoms. The Hall–Kier alpha value is -2.42. The maximum absolute atomic E-state index is 12.7. The maximum Gasteiger partial charge on any atom is 0.225 e. The zero-order valence-corrected chi connectivity index (χ0v) is 19.4. The summed E-state index contributed by atoms with van der Waals surface area (Å²) in [5.41, 5.74) is 0.118. The summed E-state index contributed by atoms with van der Waals surface area (Å²) in [4.78, 5) is 30.1. The van der Waals surface area contributed by atoms with Gasteiger partial charge in [0, 0.05) is 71.2 Å². The highest BCUT2D eigenvalue weighted by Gasteiger charge is 2.31. The number of anilines is 1. The molecule has 2 aliphatic rings. The number of rotatable bonds is 9. The number of carbonyl (C=O) groups excluding carboxylic acids is 1. The Morgan fingerprint density at radius 2 is 1.84 bits per heavy atom. The molecule has 0 radical (unpaired) electrons. The lowest BCUT2D eigenvalue weighted by atomic mass is 9.72. The van der Waals surface area contributed by atoms with Crippen LogP contribution in [0.3, 0.4) is 0 Å². The van der Waals surface area contributed by atoms with Gasteiger partial charge in [-0.15, -0.1) is 0 Å². The van der Waals surface area contributed by atoms with Crippen molar-refractivity contribution in [3.05, 3.63) is 18.5 Å². The van der Waals surface area contributed by atoms with Crippen LogP contribution in [0.1, 0.15) is 51.9 Å². The second-order valence-corrected chi connectivity index (χ2v) is 8.82. The van der Waals surface area contributed by atoms with E-state index in [4.69, 9.17) is 4.99 Å². The molecule has 0 bridgehead atoms. The molecule has 1 saturated carbocycles. The van der Waals surface area contributed by atoms with Gasteiger partial charge in [0.25, 0.3) is 0 Å². The van der Waals surface area contributed by atoms with Gasteiger partial charge in [0.15, 0.2) is 5.96 Å². The van der Waals surface area contributed by atoms with Gasteiger partial charge >= 0.3 is 0 Å². The molecular weight excluding hydrogens is 406 g/mol. The monoisotopic (exact) mass is 445 g/mol. The molecule has 9 heteroatoms. The number of aliphatic imine (C=N–C) groups is 1. The molecule has 3 N–H and O–H groups in total. The molecular formula is C23H39N7O2. The fourth-order valence-corrected chi connectivity index (χ4v) is 4.67. The van der Waals surface area contributed by atoms with Crippen LogP contribution >= 0.6 is 0 Å². The average molecular weight is 446 g/mol. The highest BCUT2D eigenvalue weighted by molar-refractivity contribution is 5.81. The van der Waals surface area contributed by atoms with Gasteiger partial charge in [-0.3, -0.25) is 9.79 Å². The third-order valence-corrected chi connectivity index (χ3v) is 6.57. The van der Waals surface area contributed by atoms with Crippen LogP contribution in [0.4, 0.5) is 5.95 Å². The summed E-state index contributed by atoms with van der Waals surface area (Å²) in [6.45, 7) is 7.20. The summed E-state index contributed by atoms with van der Waals surface area (Å²) in [6, 6.07) is 1.81. The van der Waals surface area contributed by atoms with Crippen LogP contribution in [0.5, 0.6) is 0 Å². The number of piperazine rings is 1. The average Bonchev–Trinajstić information content (AvgIpc) is 2.84. The van der Waals surface area contributed by atoms with E-state index in [1.54, 1.807) is 12.4 Å². The fraction of sp³-hybridized carbons (Fsp3) is 0.739. The quantitative estimate of drug-likeness (QED) is 0.390. The van der Waals surface area contributed by atoms with Crippen molar-refractivity contribution in [3.63, 3.8) is 0 Å². The molecule has 1 amide bonds. The van der Waals surface area contributed by atoms with E-state index >= 15 is 0 Å². The van der Waals surface area contributed by atoms with Gasteiger partial charge in [-0.1, -0.05) is 19.3 Å². The molecule has 1 aromatic heterocycles. The lowest BCUT2D eigenvalue weighted by molar-refractivity contribution is -0.131. The number of aliphatic hydroxyl groups excluding tert-OH is 1. The zero-order chi connectivity index (χ0) is 22.7. The van der Waals surface area contributed by atoms with E-state index in [0.29, 0.717) is 26.1 Å². The number of hydrogen-bond acceptors (Lipinski definition) is 6. The van der Waals surface area contributed by atoms with E-state index in [2.05, 4.69) is 25.5 Å². The predicted molar refractivity (Wildman–Crippen MR) is 127 cm³/mol. The molecule has 0 unspecified atom stereocenters. The minimum atomic E-state index is 0.118. The van der Waals surface area contributed by atoms with Crippen LogP contribution in [-0.4, -0.2) is 84.3 Å². The van der Waals surface area contributed by atoms with Crippen LogP contribution < -0.4 is 15.5 Å². The van der Waals surface area contributed by atoms with Crippen molar-refractivity contribution < 1.29 is 9.90 Å². The summed E-state index contributed by atoms with van der Waals surface area (Å²) >= 11 is 0. The Kier molecular flexibility index (Phi) is 9.52. The van der Waals surface area contributed by atoms with E-state index in [1.165, 1.54) is 19.3 Å². The number of hydrogen-bond donors (Lipinski definition) is 3. The molecule has 178 valence electrons. The van der Waals surface area contributed by atoms with Crippen molar-refractivity contribution in [3.8, 4) is 0 Å². The molecule has 0 aromatic carbocycles. The predicted octanol–water partition coefficient (Wildman–Crippen LogP) is 1.40. The molecule has 2 fully saturated rings. The lowest BCUT2D eigenvalue weighted by Gasteiger charge is -2.36. The zero-order valence-electron chi connectivity index (χ0n) is 19.4. The molecule has 1 aromatic rings. The Morgan fingerprint density at radius 3 is 2.50 bits per heavy atom. The largest absolute Gasteiger partial charge is 0.396 e. The van der Waals surface area contributed by atoms with Crippen molar-refractivity contribution in [1.82, 2.24) is 25.5 Å². The van der Waals surface area contributed by atoms with E-state index in [0.717, 1.165) is 57.3 Å². The van der Waals surface area contributed by atoms with Crippen molar-refractivity contribution in [2.75, 3.05) is 57.3 Å². The van der Waals surface area contributed by atoms with Crippen molar-refractivity contribution in [1.29, 1.82) is 0 Å². The summed E-state index contributed by atoms with van der Waals surface area (Å²) in [7, 11) is 0. The number of guanidine groups is 1. The first-order chi connectivity index (χ1) is 15.7. The SMILES string of the molecule is CCNC(=NCC1(CCO)CCCCC1)NCCC(=O)N1CCN(c2ncccn2)CC1. The van der Waals surface area contributed by atoms with E-state index < -0.39 is 0 Å². The summed E-state index contributed by atoms with van der Waals surface area (Å²) in [5.74, 6) is 1.64. The fourth-order valence-electron chi connectivity index (χ4n) is 4.67. The third kappa shape index (κ3) is 7.05. The molecule has 0 atom stereocenters. The Labute approximate surface area is 191 Å². The molecule has 1 aliphatic heterocycles. The molecule has 1 aliphatic carbocycles. The smallest absolute Gasteiger partial charge is 0.225 e. The number of carbonyl (C=O) groups is 1. The molecule has 3 rings (SSSR count). The second kappa shape index (κ2) is 12.6. The van der Waals surface area contributed by atoms with Gasteiger partial charge in [0.1, 0.15) is 0 Å². The minimum absolute atomic E-state index is 0.118. The molecule has 2 heterocycles. The van der Waals surface area contributed by atoms with Crippen LogP contribution in [0.25, 0.3) is 0 Å². The number of aromatic nitrogens is 2. The third-order valence-electron chi connectivity index (χ3n) is 6.57. The van der Waals surface area contributed by atoms with Gasteiger partial charge in [-0.25, -0.2) is 9.97 Å². The molecule has 0 spiro atoms. The van der Waals surface area contributed by atoms with E-state index in [1.807, 2.05) is 17.9 Å². The van der Waals surface area contributed by atoms with Gasteiger partial charge in [-0.05, 0) is 37.7 Å².